The predicted octanol–water partition coefficient (Wildman–Crippen LogP) is -0.956. The number of halogens is 3. The zero-order valence-electron chi connectivity index (χ0n) is 10.5. The first-order valence-electron chi connectivity index (χ1n) is 5.73. The number of carbonyl (C=O) groups is 2. The molecule has 116 valence electrons. The SMILES string of the molecule is NCCC(=O)N1CCC(B(O)O)C1.O=C(O)C(F)(F)F. The van der Waals surface area contributed by atoms with E-state index in [1.807, 2.05) is 0 Å². The van der Waals surface area contributed by atoms with Crippen LogP contribution in [0.15, 0.2) is 0 Å². The van der Waals surface area contributed by atoms with Gasteiger partial charge in [-0.2, -0.15) is 13.2 Å². The number of hydrogen-bond acceptors (Lipinski definition) is 5. The van der Waals surface area contributed by atoms with Crippen molar-refractivity contribution in [2.75, 3.05) is 19.6 Å². The van der Waals surface area contributed by atoms with Gasteiger partial charge in [0.15, 0.2) is 0 Å². The topological polar surface area (TPSA) is 124 Å². The van der Waals surface area contributed by atoms with Crippen molar-refractivity contribution in [1.29, 1.82) is 0 Å². The van der Waals surface area contributed by atoms with Gasteiger partial charge in [-0.25, -0.2) is 4.79 Å². The molecule has 1 aliphatic rings. The number of aliphatic carboxylic acids is 1. The molecule has 1 fully saturated rings. The minimum atomic E-state index is -5.08. The molecule has 1 saturated heterocycles. The monoisotopic (exact) mass is 300 g/mol. The van der Waals surface area contributed by atoms with Gasteiger partial charge in [0.1, 0.15) is 0 Å². The van der Waals surface area contributed by atoms with Crippen LogP contribution in [0.3, 0.4) is 0 Å². The molecule has 0 bridgehead atoms. The van der Waals surface area contributed by atoms with E-state index in [9.17, 15) is 18.0 Å². The lowest BCUT2D eigenvalue weighted by atomic mass is 9.72. The summed E-state index contributed by atoms with van der Waals surface area (Å²) >= 11 is 0. The van der Waals surface area contributed by atoms with Gasteiger partial charge in [-0.1, -0.05) is 0 Å². The Bertz CT molecular complexity index is 340. The Kier molecular flexibility index (Phi) is 7.54. The van der Waals surface area contributed by atoms with E-state index in [2.05, 4.69) is 0 Å². The maximum atomic E-state index is 11.3. The molecule has 7 nitrogen and oxygen atoms in total. The second kappa shape index (κ2) is 8.07. The molecule has 1 aliphatic heterocycles. The highest BCUT2D eigenvalue weighted by Gasteiger charge is 2.38. The second-order valence-corrected chi connectivity index (χ2v) is 4.14. The Labute approximate surface area is 113 Å². The third kappa shape index (κ3) is 6.73. The summed E-state index contributed by atoms with van der Waals surface area (Å²) in [5, 5.41) is 24.9. The van der Waals surface area contributed by atoms with E-state index in [1.54, 1.807) is 4.90 Å². The Balaban J connectivity index is 0.000000441. The Morgan fingerprint density at radius 1 is 1.35 bits per heavy atom. The fraction of sp³-hybridized carbons (Fsp3) is 0.778. The van der Waals surface area contributed by atoms with Crippen LogP contribution in [0, 0.1) is 0 Å². The molecule has 5 N–H and O–H groups in total. The molecule has 0 aliphatic carbocycles. The van der Waals surface area contributed by atoms with Crippen molar-refractivity contribution in [2.24, 2.45) is 5.73 Å². The van der Waals surface area contributed by atoms with E-state index in [0.717, 1.165) is 0 Å². The van der Waals surface area contributed by atoms with Crippen molar-refractivity contribution in [3.05, 3.63) is 0 Å². The first kappa shape index (κ1) is 18.7. The normalized spacial score (nSPS) is 18.3. The molecule has 20 heavy (non-hydrogen) atoms. The molecular weight excluding hydrogens is 284 g/mol. The third-order valence-corrected chi connectivity index (χ3v) is 2.60. The number of carbonyl (C=O) groups excluding carboxylic acids is 1. The molecule has 0 radical (unpaired) electrons. The van der Waals surface area contributed by atoms with E-state index >= 15 is 0 Å². The van der Waals surface area contributed by atoms with Crippen LogP contribution in [0.5, 0.6) is 0 Å². The van der Waals surface area contributed by atoms with E-state index in [0.29, 0.717) is 32.5 Å². The second-order valence-electron chi connectivity index (χ2n) is 4.14. The van der Waals surface area contributed by atoms with Crippen molar-refractivity contribution in [2.45, 2.75) is 24.8 Å². The number of nitrogens with zero attached hydrogens (tertiary/aromatic N) is 1. The van der Waals surface area contributed by atoms with Crippen molar-refractivity contribution in [1.82, 2.24) is 4.90 Å². The lowest BCUT2D eigenvalue weighted by Crippen LogP contribution is -2.31. The van der Waals surface area contributed by atoms with E-state index in [4.69, 9.17) is 25.7 Å². The van der Waals surface area contributed by atoms with Gasteiger partial charge in [0.2, 0.25) is 5.91 Å². The number of rotatable bonds is 3. The molecular formula is C9H16BF3N2O5. The smallest absolute Gasteiger partial charge is 0.475 e. The van der Waals surface area contributed by atoms with Gasteiger partial charge in [-0.15, -0.1) is 0 Å². The van der Waals surface area contributed by atoms with Crippen molar-refractivity contribution in [3.63, 3.8) is 0 Å². The molecule has 11 heteroatoms. The zero-order valence-corrected chi connectivity index (χ0v) is 10.5. The first-order valence-corrected chi connectivity index (χ1v) is 5.73. The summed E-state index contributed by atoms with van der Waals surface area (Å²) in [4.78, 5) is 21.8. The summed E-state index contributed by atoms with van der Waals surface area (Å²) in [7, 11) is -1.31. The predicted molar refractivity (Wildman–Crippen MR) is 62.5 cm³/mol. The van der Waals surface area contributed by atoms with Crippen molar-refractivity contribution in [3.8, 4) is 0 Å². The van der Waals surface area contributed by atoms with Crippen LogP contribution in [0.2, 0.25) is 5.82 Å². The largest absolute Gasteiger partial charge is 0.490 e. The Morgan fingerprint density at radius 3 is 2.15 bits per heavy atom. The van der Waals surface area contributed by atoms with E-state index in [1.165, 1.54) is 0 Å². The number of alkyl halides is 3. The zero-order chi connectivity index (χ0) is 15.9. The molecule has 0 spiro atoms. The van der Waals surface area contributed by atoms with Crippen LogP contribution in [0.25, 0.3) is 0 Å². The summed E-state index contributed by atoms with van der Waals surface area (Å²) in [6.45, 7) is 1.40. The lowest BCUT2D eigenvalue weighted by Gasteiger charge is -2.15. The average molecular weight is 300 g/mol. The summed E-state index contributed by atoms with van der Waals surface area (Å²) in [5.41, 5.74) is 5.25. The van der Waals surface area contributed by atoms with Crippen LogP contribution < -0.4 is 5.73 Å². The number of amides is 1. The number of hydrogen-bond donors (Lipinski definition) is 4. The van der Waals surface area contributed by atoms with Gasteiger partial charge in [0, 0.05) is 31.9 Å². The highest BCUT2D eigenvalue weighted by Crippen LogP contribution is 2.22. The molecule has 0 saturated carbocycles. The number of likely N-dealkylation sites (tertiary alicyclic amines) is 1. The quantitative estimate of drug-likeness (QED) is 0.498. The van der Waals surface area contributed by atoms with Gasteiger partial charge in [-0.05, 0) is 6.42 Å². The van der Waals surface area contributed by atoms with Gasteiger partial charge >= 0.3 is 19.3 Å². The maximum Gasteiger partial charge on any atom is 0.490 e. The summed E-state index contributed by atoms with van der Waals surface area (Å²) < 4.78 is 31.7. The summed E-state index contributed by atoms with van der Waals surface area (Å²) in [5.74, 6) is -2.94. The summed E-state index contributed by atoms with van der Waals surface area (Å²) in [6.07, 6.45) is -4.08. The molecule has 1 amide bonds. The van der Waals surface area contributed by atoms with Crippen LogP contribution in [0.1, 0.15) is 12.8 Å². The molecule has 1 heterocycles. The fourth-order valence-corrected chi connectivity index (χ4v) is 1.54. The summed E-state index contributed by atoms with van der Waals surface area (Å²) in [6, 6.07) is 0. The van der Waals surface area contributed by atoms with Gasteiger partial charge in [-0.3, -0.25) is 4.79 Å². The van der Waals surface area contributed by atoms with Crippen LogP contribution in [-0.4, -0.2) is 64.9 Å². The Morgan fingerprint density at radius 2 is 1.85 bits per heavy atom. The lowest BCUT2D eigenvalue weighted by molar-refractivity contribution is -0.192. The minimum Gasteiger partial charge on any atom is -0.475 e. The molecule has 1 atom stereocenters. The van der Waals surface area contributed by atoms with Crippen LogP contribution in [-0.2, 0) is 9.59 Å². The van der Waals surface area contributed by atoms with Gasteiger partial charge in [0.25, 0.3) is 0 Å². The Hall–Kier alpha value is -1.33. The van der Waals surface area contributed by atoms with Crippen LogP contribution >= 0.6 is 0 Å². The maximum absolute atomic E-state index is 11.3. The molecule has 0 aromatic rings. The molecule has 0 aromatic heterocycles. The highest BCUT2D eigenvalue weighted by molar-refractivity contribution is 6.43. The number of nitrogens with two attached hydrogens (primary N) is 1. The van der Waals surface area contributed by atoms with Crippen LogP contribution in [0.4, 0.5) is 13.2 Å². The molecule has 0 aromatic carbocycles. The van der Waals surface area contributed by atoms with Crippen molar-refractivity contribution >= 4 is 19.0 Å². The molecule has 1 unspecified atom stereocenters. The third-order valence-electron chi connectivity index (χ3n) is 2.60. The highest BCUT2D eigenvalue weighted by atomic mass is 19.4. The number of carboxylic acids is 1. The van der Waals surface area contributed by atoms with Crippen molar-refractivity contribution < 1.29 is 37.9 Å². The number of carboxylic acid groups (broad SMARTS) is 1. The van der Waals surface area contributed by atoms with Gasteiger partial charge in [0.05, 0.1) is 0 Å². The van der Waals surface area contributed by atoms with E-state index < -0.39 is 19.3 Å². The standard InChI is InChI=1S/C7H15BN2O3.C2HF3O2/c9-3-1-7(11)10-4-2-6(5-10)8(12)13;3-2(4,5)1(6)7/h6,12-13H,1-5,9H2;(H,6,7). The van der Waals surface area contributed by atoms with Gasteiger partial charge < -0.3 is 25.8 Å². The first-order chi connectivity index (χ1) is 9.09. The fourth-order valence-electron chi connectivity index (χ4n) is 1.54. The van der Waals surface area contributed by atoms with E-state index in [-0.39, 0.29) is 11.7 Å². The average Bonchev–Trinajstić information content (AvgIpc) is 2.78. The molecule has 1 rings (SSSR count). The minimum absolute atomic E-state index is 0.00523.